The molecule has 0 unspecified atom stereocenters. The first-order valence-corrected chi connectivity index (χ1v) is 4.14. The normalized spacial score (nSPS) is 20.2. The molecule has 4 nitrogen and oxygen atoms in total. The van der Waals surface area contributed by atoms with E-state index in [9.17, 15) is 4.79 Å². The first kappa shape index (κ1) is 16.4. The molecule has 1 heterocycles. The third-order valence-electron chi connectivity index (χ3n) is 2.47. The van der Waals surface area contributed by atoms with E-state index < -0.39 is 5.54 Å². The van der Waals surface area contributed by atoms with Gasteiger partial charge in [-0.3, -0.25) is 4.79 Å². The van der Waals surface area contributed by atoms with E-state index in [0.29, 0.717) is 12.8 Å². The summed E-state index contributed by atoms with van der Waals surface area (Å²) in [5.41, 5.74) is 5.14. The first-order chi connectivity index (χ1) is 5.58. The van der Waals surface area contributed by atoms with E-state index in [4.69, 9.17) is 5.73 Å². The van der Waals surface area contributed by atoms with Crippen LogP contribution in [0.5, 0.6) is 0 Å². The van der Waals surface area contributed by atoms with E-state index in [0.717, 1.165) is 13.1 Å². The molecule has 1 fully saturated rings. The van der Waals surface area contributed by atoms with Gasteiger partial charge in [-0.1, -0.05) is 0 Å². The highest BCUT2D eigenvalue weighted by Crippen LogP contribution is 2.19. The summed E-state index contributed by atoms with van der Waals surface area (Å²) in [5.74, 6) is -0.282. The Morgan fingerprint density at radius 2 is 1.79 bits per heavy atom. The number of nitrogens with zero attached hydrogens (tertiary/aromatic N) is 1. The molecule has 0 aliphatic carbocycles. The van der Waals surface area contributed by atoms with Crippen LogP contribution in [-0.2, 0) is 9.53 Å². The monoisotopic (exact) mass is 244 g/mol. The smallest absolute Gasteiger partial charge is 0.325 e. The Balaban J connectivity index is 0. The topological polar surface area (TPSA) is 55.6 Å². The molecule has 14 heavy (non-hydrogen) atoms. The van der Waals surface area contributed by atoms with E-state index in [-0.39, 0.29) is 30.8 Å². The maximum Gasteiger partial charge on any atom is 0.325 e. The predicted octanol–water partition coefficient (Wildman–Crippen LogP) is 0.426. The number of carbonyl (C=O) groups is 1. The average Bonchev–Trinajstić information content (AvgIpc) is 2.09. The van der Waals surface area contributed by atoms with Gasteiger partial charge in [-0.05, 0) is 19.9 Å². The summed E-state index contributed by atoms with van der Waals surface area (Å²) in [7, 11) is 3.41. The van der Waals surface area contributed by atoms with Crippen LogP contribution in [0.4, 0.5) is 0 Å². The Hall–Kier alpha value is -0.0300. The van der Waals surface area contributed by atoms with Crippen LogP contribution in [0.25, 0.3) is 0 Å². The second-order valence-corrected chi connectivity index (χ2v) is 3.45. The Morgan fingerprint density at radius 1 is 1.36 bits per heavy atom. The predicted molar refractivity (Wildman–Crippen MR) is 60.2 cm³/mol. The van der Waals surface area contributed by atoms with Gasteiger partial charge in [0.05, 0.1) is 7.11 Å². The first-order valence-electron chi connectivity index (χ1n) is 4.14. The van der Waals surface area contributed by atoms with Gasteiger partial charge in [-0.15, -0.1) is 24.8 Å². The largest absolute Gasteiger partial charge is 0.468 e. The third kappa shape index (κ3) is 3.61. The molecule has 0 saturated carbocycles. The number of methoxy groups -OCH3 is 1. The number of hydrogen-bond donors (Lipinski definition) is 1. The molecule has 0 aromatic heterocycles. The number of esters is 1. The van der Waals surface area contributed by atoms with Gasteiger partial charge in [0.15, 0.2) is 0 Å². The number of likely N-dealkylation sites (tertiary alicyclic amines) is 1. The van der Waals surface area contributed by atoms with Gasteiger partial charge in [0.25, 0.3) is 0 Å². The molecule has 1 aliphatic rings. The molecule has 6 heteroatoms. The minimum Gasteiger partial charge on any atom is -0.468 e. The lowest BCUT2D eigenvalue weighted by molar-refractivity contribution is -0.148. The van der Waals surface area contributed by atoms with Crippen LogP contribution in [0.2, 0.25) is 0 Å². The molecule has 0 aromatic rings. The van der Waals surface area contributed by atoms with E-state index in [1.807, 2.05) is 7.05 Å². The van der Waals surface area contributed by atoms with E-state index >= 15 is 0 Å². The molecule has 86 valence electrons. The van der Waals surface area contributed by atoms with Crippen LogP contribution in [0.1, 0.15) is 12.8 Å². The average molecular weight is 245 g/mol. The van der Waals surface area contributed by atoms with Crippen LogP contribution in [0.15, 0.2) is 0 Å². The quantitative estimate of drug-likeness (QED) is 0.680. The molecular formula is C8H18Cl2N2O2. The Kier molecular flexibility index (Phi) is 7.56. The molecule has 1 aliphatic heterocycles. The Bertz CT molecular complexity index is 182. The lowest BCUT2D eigenvalue weighted by Gasteiger charge is -2.34. The van der Waals surface area contributed by atoms with Crippen molar-refractivity contribution in [1.29, 1.82) is 0 Å². The molecule has 2 N–H and O–H groups in total. The molecule has 1 saturated heterocycles. The minimum atomic E-state index is -0.735. The van der Waals surface area contributed by atoms with Gasteiger partial charge in [0.2, 0.25) is 0 Å². The lowest BCUT2D eigenvalue weighted by Crippen LogP contribution is -2.55. The molecule has 0 spiro atoms. The van der Waals surface area contributed by atoms with Gasteiger partial charge < -0.3 is 15.4 Å². The van der Waals surface area contributed by atoms with Gasteiger partial charge in [-0.25, -0.2) is 0 Å². The second-order valence-electron chi connectivity index (χ2n) is 3.45. The van der Waals surface area contributed by atoms with Gasteiger partial charge >= 0.3 is 5.97 Å². The van der Waals surface area contributed by atoms with Gasteiger partial charge in [-0.2, -0.15) is 0 Å². The zero-order valence-corrected chi connectivity index (χ0v) is 10.1. The van der Waals surface area contributed by atoms with Crippen molar-refractivity contribution in [3.05, 3.63) is 0 Å². The summed E-state index contributed by atoms with van der Waals surface area (Å²) in [6.45, 7) is 1.73. The van der Waals surface area contributed by atoms with Crippen molar-refractivity contribution in [2.45, 2.75) is 18.4 Å². The fourth-order valence-corrected chi connectivity index (χ4v) is 1.42. The summed E-state index contributed by atoms with van der Waals surface area (Å²) < 4.78 is 4.65. The standard InChI is InChI=1S/C8H16N2O2.2ClH/c1-10-5-3-8(9,4-6-10)7(11)12-2;;/h3-6,9H2,1-2H3;2*1H. The van der Waals surface area contributed by atoms with Crippen LogP contribution in [0, 0.1) is 0 Å². The molecule has 0 amide bonds. The van der Waals surface area contributed by atoms with Crippen molar-refractivity contribution < 1.29 is 9.53 Å². The molecule has 0 atom stereocenters. The molecule has 1 rings (SSSR count). The summed E-state index contributed by atoms with van der Waals surface area (Å²) in [6, 6.07) is 0. The van der Waals surface area contributed by atoms with Crippen LogP contribution >= 0.6 is 24.8 Å². The number of ether oxygens (including phenoxy) is 1. The number of halogens is 2. The van der Waals surface area contributed by atoms with Gasteiger partial charge in [0.1, 0.15) is 5.54 Å². The number of nitrogens with two attached hydrogens (primary N) is 1. The van der Waals surface area contributed by atoms with Crippen molar-refractivity contribution in [3.63, 3.8) is 0 Å². The maximum atomic E-state index is 11.2. The molecule has 0 aromatic carbocycles. The summed E-state index contributed by atoms with van der Waals surface area (Å²) in [5, 5.41) is 0. The minimum absolute atomic E-state index is 0. The summed E-state index contributed by atoms with van der Waals surface area (Å²) >= 11 is 0. The van der Waals surface area contributed by atoms with Gasteiger partial charge in [0, 0.05) is 13.1 Å². The number of rotatable bonds is 1. The van der Waals surface area contributed by atoms with Crippen molar-refractivity contribution in [2.75, 3.05) is 27.2 Å². The third-order valence-corrected chi connectivity index (χ3v) is 2.47. The highest BCUT2D eigenvalue weighted by atomic mass is 35.5. The van der Waals surface area contributed by atoms with E-state index in [1.54, 1.807) is 0 Å². The fourth-order valence-electron chi connectivity index (χ4n) is 1.42. The lowest BCUT2D eigenvalue weighted by atomic mass is 9.89. The summed E-state index contributed by atoms with van der Waals surface area (Å²) in [4.78, 5) is 13.4. The van der Waals surface area contributed by atoms with E-state index in [2.05, 4.69) is 9.64 Å². The maximum absolute atomic E-state index is 11.2. The van der Waals surface area contributed by atoms with E-state index in [1.165, 1.54) is 7.11 Å². The molecule has 0 radical (unpaired) electrons. The fraction of sp³-hybridized carbons (Fsp3) is 0.875. The van der Waals surface area contributed by atoms with Crippen LogP contribution in [-0.4, -0.2) is 43.7 Å². The number of hydrogen-bond acceptors (Lipinski definition) is 4. The number of piperidine rings is 1. The number of carbonyl (C=O) groups excluding carboxylic acids is 1. The van der Waals surface area contributed by atoms with Crippen molar-refractivity contribution in [1.82, 2.24) is 4.90 Å². The second kappa shape index (κ2) is 6.45. The van der Waals surface area contributed by atoms with Crippen molar-refractivity contribution in [2.24, 2.45) is 5.73 Å². The Morgan fingerprint density at radius 3 is 2.14 bits per heavy atom. The Labute approximate surface area is 97.0 Å². The van der Waals surface area contributed by atoms with Crippen molar-refractivity contribution in [3.8, 4) is 0 Å². The van der Waals surface area contributed by atoms with Crippen LogP contribution < -0.4 is 5.73 Å². The van der Waals surface area contributed by atoms with Crippen LogP contribution in [0.3, 0.4) is 0 Å². The highest BCUT2D eigenvalue weighted by Gasteiger charge is 2.37. The molecule has 0 bridgehead atoms. The zero-order chi connectivity index (χ0) is 9.19. The highest BCUT2D eigenvalue weighted by molar-refractivity contribution is 5.85. The van der Waals surface area contributed by atoms with Crippen molar-refractivity contribution >= 4 is 30.8 Å². The molecular weight excluding hydrogens is 227 g/mol. The summed E-state index contributed by atoms with van der Waals surface area (Å²) in [6.07, 6.45) is 1.38. The zero-order valence-electron chi connectivity index (χ0n) is 8.49. The SMILES string of the molecule is COC(=O)C1(N)CCN(C)CC1.Cl.Cl.